The van der Waals surface area contributed by atoms with E-state index in [0.717, 1.165) is 5.56 Å². The molecule has 0 heterocycles. The van der Waals surface area contributed by atoms with Crippen LogP contribution in [0.1, 0.15) is 18.4 Å². The van der Waals surface area contributed by atoms with Gasteiger partial charge in [0.05, 0.1) is 0 Å². The van der Waals surface area contributed by atoms with Gasteiger partial charge in [-0.05, 0) is 18.4 Å². The smallest absolute Gasteiger partial charge is 0.139 e. The largest absolute Gasteiger partial charge is 0.372 e. The molecule has 2 nitrogen and oxygen atoms in total. The van der Waals surface area contributed by atoms with Crippen molar-refractivity contribution in [1.82, 2.24) is 0 Å². The highest BCUT2D eigenvalue weighted by atomic mass is 16.3. The molecular weight excluding hydrogens is 162 g/mol. The van der Waals surface area contributed by atoms with Gasteiger partial charge in [0.25, 0.3) is 0 Å². The Hall–Kier alpha value is -1.12. The van der Waals surface area contributed by atoms with E-state index in [-0.39, 0.29) is 0 Å². The van der Waals surface area contributed by atoms with Gasteiger partial charge < -0.3 is 5.11 Å². The third kappa shape index (κ3) is 2.68. The van der Waals surface area contributed by atoms with Gasteiger partial charge in [0.15, 0.2) is 0 Å². The summed E-state index contributed by atoms with van der Waals surface area (Å²) in [7, 11) is 0. The fourth-order valence-corrected chi connectivity index (χ4v) is 1.19. The molecule has 0 aromatic heterocycles. The van der Waals surface area contributed by atoms with Crippen LogP contribution in [0, 0.1) is 0 Å². The summed E-state index contributed by atoms with van der Waals surface area (Å²) in [5.74, 6) is 0. The monoisotopic (exact) mass is 177 g/mol. The average molecular weight is 177 g/mol. The maximum Gasteiger partial charge on any atom is 0.139 e. The molecule has 3 N–H and O–H groups in total. The van der Waals surface area contributed by atoms with Crippen LogP contribution in [-0.2, 0) is 5.72 Å². The van der Waals surface area contributed by atoms with E-state index in [1.165, 1.54) is 0 Å². The van der Waals surface area contributed by atoms with Gasteiger partial charge in [0, 0.05) is 0 Å². The Balaban J connectivity index is 2.74. The molecule has 0 amide bonds. The van der Waals surface area contributed by atoms with E-state index in [2.05, 4.69) is 6.58 Å². The van der Waals surface area contributed by atoms with Gasteiger partial charge in [-0.25, -0.2) is 0 Å². The molecule has 0 aliphatic rings. The lowest BCUT2D eigenvalue weighted by Gasteiger charge is -2.22. The molecule has 1 unspecified atom stereocenters. The van der Waals surface area contributed by atoms with Crippen molar-refractivity contribution in [2.75, 3.05) is 0 Å². The number of allylic oxidation sites excluding steroid dienone is 1. The van der Waals surface area contributed by atoms with Crippen molar-refractivity contribution >= 4 is 0 Å². The molecule has 0 saturated carbocycles. The molecule has 0 bridgehead atoms. The number of aliphatic hydroxyl groups is 1. The lowest BCUT2D eigenvalue weighted by atomic mass is 9.99. The van der Waals surface area contributed by atoms with E-state index in [0.29, 0.717) is 12.8 Å². The highest BCUT2D eigenvalue weighted by Crippen LogP contribution is 2.20. The molecule has 1 rings (SSSR count). The number of rotatable bonds is 4. The van der Waals surface area contributed by atoms with Crippen LogP contribution in [0.3, 0.4) is 0 Å². The van der Waals surface area contributed by atoms with Crippen molar-refractivity contribution in [1.29, 1.82) is 0 Å². The van der Waals surface area contributed by atoms with Gasteiger partial charge >= 0.3 is 0 Å². The number of hydrogen-bond acceptors (Lipinski definition) is 2. The predicted molar refractivity (Wildman–Crippen MR) is 54.0 cm³/mol. The summed E-state index contributed by atoms with van der Waals surface area (Å²) >= 11 is 0. The van der Waals surface area contributed by atoms with Crippen LogP contribution >= 0.6 is 0 Å². The Morgan fingerprint density at radius 1 is 1.38 bits per heavy atom. The van der Waals surface area contributed by atoms with E-state index in [9.17, 15) is 5.11 Å². The summed E-state index contributed by atoms with van der Waals surface area (Å²) in [6, 6.07) is 9.27. The van der Waals surface area contributed by atoms with Crippen LogP contribution in [0.4, 0.5) is 0 Å². The molecule has 70 valence electrons. The third-order valence-corrected chi connectivity index (χ3v) is 2.00. The number of nitrogens with two attached hydrogens (primary N) is 1. The van der Waals surface area contributed by atoms with Crippen LogP contribution in [0.5, 0.6) is 0 Å². The minimum Gasteiger partial charge on any atom is -0.372 e. The molecular formula is C11H15NO. The highest BCUT2D eigenvalue weighted by Gasteiger charge is 2.21. The predicted octanol–water partition coefficient (Wildman–Crippen LogP) is 1.76. The first kappa shape index (κ1) is 9.96. The first-order chi connectivity index (χ1) is 6.17. The Labute approximate surface area is 78.7 Å². The van der Waals surface area contributed by atoms with Crippen LogP contribution in [0.2, 0.25) is 0 Å². The zero-order valence-corrected chi connectivity index (χ0v) is 7.61. The SMILES string of the molecule is C=CCCC(N)(O)c1ccccc1. The number of hydrogen-bond donors (Lipinski definition) is 2. The quantitative estimate of drug-likeness (QED) is 0.543. The summed E-state index contributed by atoms with van der Waals surface area (Å²) in [6.07, 6.45) is 2.96. The van der Waals surface area contributed by atoms with Gasteiger partial charge in [-0.1, -0.05) is 36.4 Å². The second-order valence-electron chi connectivity index (χ2n) is 3.12. The molecule has 0 aliphatic heterocycles. The van der Waals surface area contributed by atoms with Gasteiger partial charge in [-0.3, -0.25) is 5.73 Å². The maximum absolute atomic E-state index is 9.85. The van der Waals surface area contributed by atoms with Crippen molar-refractivity contribution in [2.24, 2.45) is 5.73 Å². The molecule has 0 spiro atoms. The Morgan fingerprint density at radius 3 is 2.54 bits per heavy atom. The fourth-order valence-electron chi connectivity index (χ4n) is 1.19. The minimum absolute atomic E-state index is 0.501. The lowest BCUT2D eigenvalue weighted by molar-refractivity contribution is 0.0353. The summed E-state index contributed by atoms with van der Waals surface area (Å²) in [4.78, 5) is 0. The maximum atomic E-state index is 9.85. The van der Waals surface area contributed by atoms with Crippen LogP contribution in [0.15, 0.2) is 43.0 Å². The molecule has 0 radical (unpaired) electrons. The van der Waals surface area contributed by atoms with Gasteiger partial charge in [-0.2, -0.15) is 0 Å². The van der Waals surface area contributed by atoms with Gasteiger partial charge in [0.1, 0.15) is 5.72 Å². The summed E-state index contributed by atoms with van der Waals surface area (Å²) in [5, 5.41) is 9.85. The highest BCUT2D eigenvalue weighted by molar-refractivity contribution is 5.20. The molecule has 0 aliphatic carbocycles. The normalized spacial score (nSPS) is 14.9. The summed E-state index contributed by atoms with van der Waals surface area (Å²) in [6.45, 7) is 3.59. The van der Waals surface area contributed by atoms with Gasteiger partial charge in [-0.15, -0.1) is 6.58 Å². The van der Waals surface area contributed by atoms with Crippen LogP contribution in [0.25, 0.3) is 0 Å². The van der Waals surface area contributed by atoms with Crippen LogP contribution < -0.4 is 5.73 Å². The van der Waals surface area contributed by atoms with Gasteiger partial charge in [0.2, 0.25) is 0 Å². The van der Waals surface area contributed by atoms with E-state index >= 15 is 0 Å². The molecule has 1 aromatic rings. The topological polar surface area (TPSA) is 46.2 Å². The second-order valence-corrected chi connectivity index (χ2v) is 3.12. The zero-order chi connectivity index (χ0) is 9.73. The molecule has 0 saturated heterocycles. The van der Waals surface area contributed by atoms with Crippen molar-refractivity contribution in [3.8, 4) is 0 Å². The minimum atomic E-state index is -1.23. The fraction of sp³-hybridized carbons (Fsp3) is 0.273. The van der Waals surface area contributed by atoms with E-state index in [1.54, 1.807) is 6.08 Å². The lowest BCUT2D eigenvalue weighted by Crippen LogP contribution is -2.35. The Bertz CT molecular complexity index is 267. The summed E-state index contributed by atoms with van der Waals surface area (Å²) in [5.41, 5.74) is 5.25. The molecule has 1 aromatic carbocycles. The van der Waals surface area contributed by atoms with Crippen molar-refractivity contribution in [3.63, 3.8) is 0 Å². The zero-order valence-electron chi connectivity index (χ0n) is 7.61. The Kier molecular flexibility index (Phi) is 3.23. The second kappa shape index (κ2) is 4.21. The molecule has 2 heteroatoms. The molecule has 1 atom stereocenters. The van der Waals surface area contributed by atoms with E-state index in [4.69, 9.17) is 5.73 Å². The van der Waals surface area contributed by atoms with Crippen LogP contribution in [-0.4, -0.2) is 5.11 Å². The van der Waals surface area contributed by atoms with Crippen molar-refractivity contribution in [3.05, 3.63) is 48.6 Å². The average Bonchev–Trinajstić information content (AvgIpc) is 2.16. The number of benzene rings is 1. The summed E-state index contributed by atoms with van der Waals surface area (Å²) < 4.78 is 0. The van der Waals surface area contributed by atoms with E-state index < -0.39 is 5.72 Å². The first-order valence-electron chi connectivity index (χ1n) is 4.34. The van der Waals surface area contributed by atoms with Crippen molar-refractivity contribution < 1.29 is 5.11 Å². The Morgan fingerprint density at radius 2 is 2.00 bits per heavy atom. The third-order valence-electron chi connectivity index (χ3n) is 2.00. The van der Waals surface area contributed by atoms with Crippen molar-refractivity contribution in [2.45, 2.75) is 18.6 Å². The molecule has 0 fully saturated rings. The first-order valence-corrected chi connectivity index (χ1v) is 4.34. The molecule has 13 heavy (non-hydrogen) atoms. The van der Waals surface area contributed by atoms with E-state index in [1.807, 2.05) is 30.3 Å². The standard InChI is InChI=1S/C11H15NO/c1-2-3-9-11(12,13)10-7-5-4-6-8-10/h2,4-8,13H,1,3,9,12H2.